The zero-order valence-corrected chi connectivity index (χ0v) is 25.2. The first kappa shape index (κ1) is 34.9. The van der Waals surface area contributed by atoms with Crippen molar-refractivity contribution >= 4 is 0 Å². The first-order valence-electron chi connectivity index (χ1n) is 14.1. The molecular weight excluding hydrogens is 590 g/mol. The molecule has 0 radical (unpaired) electrons. The Morgan fingerprint density at radius 2 is 1.50 bits per heavy atom. The number of hydrogen-bond acceptors (Lipinski definition) is 6. The zero-order chi connectivity index (χ0) is 32.6. The SMILES string of the molecule is CCC(CC)(c1ccc(C#CC(OCOC)(C(F)(F)F)C(F)(F)F)c(C)c1)c1ccc(OCCCCc2nn[nH]n2)c(C)c1. The molecule has 0 amide bonds. The van der Waals surface area contributed by atoms with Gasteiger partial charge in [-0.3, -0.25) is 0 Å². The van der Waals surface area contributed by atoms with E-state index in [1.165, 1.54) is 12.0 Å². The average molecular weight is 627 g/mol. The van der Waals surface area contributed by atoms with Crippen LogP contribution in [0.3, 0.4) is 0 Å². The van der Waals surface area contributed by atoms with Crippen molar-refractivity contribution in [3.05, 3.63) is 70.0 Å². The Kier molecular flexibility index (Phi) is 11.4. The van der Waals surface area contributed by atoms with E-state index in [1.807, 2.05) is 32.9 Å². The van der Waals surface area contributed by atoms with Crippen molar-refractivity contribution in [2.45, 2.75) is 83.2 Å². The van der Waals surface area contributed by atoms with Gasteiger partial charge in [-0.05, 0) is 79.8 Å². The average Bonchev–Trinajstić information content (AvgIpc) is 3.48. The van der Waals surface area contributed by atoms with Crippen LogP contribution < -0.4 is 4.74 Å². The van der Waals surface area contributed by atoms with Crippen molar-refractivity contribution in [2.75, 3.05) is 20.5 Å². The molecule has 0 bridgehead atoms. The third-order valence-electron chi connectivity index (χ3n) is 7.72. The van der Waals surface area contributed by atoms with E-state index in [-0.39, 0.29) is 5.56 Å². The molecule has 1 heterocycles. The lowest BCUT2D eigenvalue weighted by atomic mass is 9.70. The van der Waals surface area contributed by atoms with Crippen molar-refractivity contribution in [2.24, 2.45) is 0 Å². The van der Waals surface area contributed by atoms with Crippen molar-refractivity contribution < 1.29 is 40.6 Å². The molecule has 0 aliphatic heterocycles. The number of methoxy groups -OCH3 is 1. The van der Waals surface area contributed by atoms with Gasteiger partial charge in [-0.2, -0.15) is 31.6 Å². The van der Waals surface area contributed by atoms with E-state index in [9.17, 15) is 26.3 Å². The molecule has 0 fully saturated rings. The van der Waals surface area contributed by atoms with Crippen molar-refractivity contribution in [1.82, 2.24) is 20.6 Å². The van der Waals surface area contributed by atoms with Gasteiger partial charge in [-0.1, -0.05) is 49.2 Å². The number of benzene rings is 2. The third-order valence-corrected chi connectivity index (χ3v) is 7.72. The van der Waals surface area contributed by atoms with Crippen LogP contribution in [0.25, 0.3) is 0 Å². The Morgan fingerprint density at radius 1 is 0.864 bits per heavy atom. The number of H-pyrrole nitrogens is 1. The Morgan fingerprint density at radius 3 is 2.02 bits per heavy atom. The van der Waals surface area contributed by atoms with Crippen LogP contribution in [0.5, 0.6) is 5.75 Å². The fourth-order valence-corrected chi connectivity index (χ4v) is 5.10. The normalized spacial score (nSPS) is 12.6. The van der Waals surface area contributed by atoms with Gasteiger partial charge in [0.25, 0.3) is 0 Å². The molecule has 0 atom stereocenters. The van der Waals surface area contributed by atoms with Gasteiger partial charge in [-0.15, -0.1) is 10.2 Å². The van der Waals surface area contributed by atoms with Crippen LogP contribution in [-0.4, -0.2) is 59.1 Å². The summed E-state index contributed by atoms with van der Waals surface area (Å²) in [6.07, 6.45) is -7.97. The molecule has 0 saturated carbocycles. The second kappa shape index (κ2) is 14.4. The van der Waals surface area contributed by atoms with Crippen molar-refractivity contribution in [1.29, 1.82) is 0 Å². The number of tetrazole rings is 1. The number of ether oxygens (including phenoxy) is 3. The minimum absolute atomic E-state index is 0.0213. The van der Waals surface area contributed by atoms with Gasteiger partial charge in [0.15, 0.2) is 5.82 Å². The van der Waals surface area contributed by atoms with E-state index in [0.29, 0.717) is 37.3 Å². The van der Waals surface area contributed by atoms with Crippen LogP contribution >= 0.6 is 0 Å². The lowest BCUT2D eigenvalue weighted by Gasteiger charge is -2.34. The van der Waals surface area contributed by atoms with Gasteiger partial charge in [-0.25, -0.2) is 0 Å². The molecule has 0 aliphatic rings. The monoisotopic (exact) mass is 626 g/mol. The van der Waals surface area contributed by atoms with E-state index in [1.54, 1.807) is 19.1 Å². The summed E-state index contributed by atoms with van der Waals surface area (Å²) in [6, 6.07) is 10.9. The number of unbranched alkanes of at least 4 members (excludes halogenated alkanes) is 1. The number of aromatic amines is 1. The number of alkyl halides is 6. The van der Waals surface area contributed by atoms with Crippen LogP contribution in [-0.2, 0) is 21.3 Å². The van der Waals surface area contributed by atoms with Gasteiger partial charge in [0, 0.05) is 24.5 Å². The predicted octanol–water partition coefficient (Wildman–Crippen LogP) is 7.16. The summed E-state index contributed by atoms with van der Waals surface area (Å²) in [7, 11) is 0.922. The maximum absolute atomic E-state index is 13.7. The lowest BCUT2D eigenvalue weighted by molar-refractivity contribution is -0.368. The summed E-state index contributed by atoms with van der Waals surface area (Å²) in [5, 5.41) is 13.8. The third kappa shape index (κ3) is 7.53. The Bertz CT molecular complexity index is 1410. The van der Waals surface area contributed by atoms with Gasteiger partial charge < -0.3 is 14.2 Å². The number of hydrogen-bond donors (Lipinski definition) is 1. The minimum atomic E-state index is -5.85. The number of aryl methyl sites for hydroxylation is 3. The molecule has 0 unspecified atom stereocenters. The molecular formula is C31H36F6N4O3. The van der Waals surface area contributed by atoms with Crippen molar-refractivity contribution in [3.8, 4) is 17.6 Å². The number of halogens is 6. The first-order valence-corrected chi connectivity index (χ1v) is 14.1. The quantitative estimate of drug-likeness (QED) is 0.0939. The summed E-state index contributed by atoms with van der Waals surface area (Å²) in [5.41, 5.74) is -1.88. The molecule has 0 aliphatic carbocycles. The molecule has 0 saturated heterocycles. The maximum atomic E-state index is 13.7. The molecule has 0 spiro atoms. The second-order valence-electron chi connectivity index (χ2n) is 10.4. The molecule has 1 aromatic heterocycles. The number of rotatable bonds is 13. The highest BCUT2D eigenvalue weighted by Crippen LogP contribution is 2.46. The maximum Gasteiger partial charge on any atom is 0.438 e. The summed E-state index contributed by atoms with van der Waals surface area (Å²) in [4.78, 5) is 0. The number of aromatic nitrogens is 4. The van der Waals surface area contributed by atoms with E-state index in [0.717, 1.165) is 42.4 Å². The van der Waals surface area contributed by atoms with E-state index in [2.05, 4.69) is 42.1 Å². The largest absolute Gasteiger partial charge is 0.493 e. The van der Waals surface area contributed by atoms with E-state index in [4.69, 9.17) is 4.74 Å². The summed E-state index contributed by atoms with van der Waals surface area (Å²) in [6.45, 7) is 6.90. The van der Waals surface area contributed by atoms with Crippen LogP contribution in [0.15, 0.2) is 36.4 Å². The fourth-order valence-electron chi connectivity index (χ4n) is 5.10. The highest BCUT2D eigenvalue weighted by Gasteiger charge is 2.72. The van der Waals surface area contributed by atoms with Crippen LogP contribution in [0.1, 0.15) is 73.2 Å². The molecule has 13 heteroatoms. The summed E-state index contributed by atoms with van der Waals surface area (Å²) in [5.74, 6) is 4.84. The molecule has 240 valence electrons. The summed E-state index contributed by atoms with van der Waals surface area (Å²) < 4.78 is 96.7. The lowest BCUT2D eigenvalue weighted by Crippen LogP contribution is -2.58. The molecule has 3 rings (SSSR count). The predicted molar refractivity (Wildman–Crippen MR) is 151 cm³/mol. The molecule has 3 aromatic rings. The van der Waals surface area contributed by atoms with Gasteiger partial charge in [0.05, 0.1) is 6.61 Å². The van der Waals surface area contributed by atoms with E-state index < -0.39 is 30.2 Å². The zero-order valence-electron chi connectivity index (χ0n) is 25.2. The number of nitrogens with zero attached hydrogens (tertiary/aromatic N) is 3. The van der Waals surface area contributed by atoms with Gasteiger partial charge >= 0.3 is 18.0 Å². The van der Waals surface area contributed by atoms with E-state index >= 15 is 0 Å². The van der Waals surface area contributed by atoms with Crippen LogP contribution in [0.4, 0.5) is 26.3 Å². The van der Waals surface area contributed by atoms with Gasteiger partial charge in [0.1, 0.15) is 12.5 Å². The highest BCUT2D eigenvalue weighted by molar-refractivity contribution is 5.50. The minimum Gasteiger partial charge on any atom is -0.493 e. The highest BCUT2D eigenvalue weighted by atomic mass is 19.4. The Hall–Kier alpha value is -3.63. The Labute approximate surface area is 252 Å². The van der Waals surface area contributed by atoms with Crippen LogP contribution in [0.2, 0.25) is 0 Å². The topological polar surface area (TPSA) is 82.1 Å². The smallest absolute Gasteiger partial charge is 0.438 e. The summed E-state index contributed by atoms with van der Waals surface area (Å²) >= 11 is 0. The fraction of sp³-hybridized carbons (Fsp3) is 0.516. The van der Waals surface area contributed by atoms with Crippen molar-refractivity contribution in [3.63, 3.8) is 0 Å². The number of nitrogens with one attached hydrogen (secondary N) is 1. The second-order valence-corrected chi connectivity index (χ2v) is 10.4. The van der Waals surface area contributed by atoms with Crippen LogP contribution in [0, 0.1) is 25.7 Å². The first-order chi connectivity index (χ1) is 20.7. The molecule has 7 nitrogen and oxygen atoms in total. The molecule has 44 heavy (non-hydrogen) atoms. The Balaban J connectivity index is 1.86. The standard InChI is InChI=1S/C31H36F6N4O3/c1-6-28(7-2,25-13-14-26(22(4)19-25)43-17-9-8-10-27-38-40-41-39-27)24-12-11-23(21(3)18-24)15-16-29(30(32,33)34,31(35,36)37)44-20-42-5/h11-14,18-19H,6-10,17,20H2,1-5H3,(H,38,39,40,41). The molecule has 2 aromatic carbocycles. The van der Waals surface area contributed by atoms with Gasteiger partial charge in [0.2, 0.25) is 0 Å². The molecule has 1 N–H and O–H groups in total.